The molecule has 2 aliphatic carbocycles. The van der Waals surface area contributed by atoms with Gasteiger partial charge in [-0.3, -0.25) is 0 Å². The number of halogens is 4. The van der Waals surface area contributed by atoms with Gasteiger partial charge in [-0.05, 0) is 44.1 Å². The molecule has 0 spiro atoms. The fourth-order valence-electron chi connectivity index (χ4n) is 4.77. The van der Waals surface area contributed by atoms with Crippen molar-refractivity contribution in [3.63, 3.8) is 0 Å². The standard InChI is InChI=1S/C17H29F3N2O.ClH/c18-17(19,20)14-6-2-1-4-12(14)10-22-15-7-3-5-13(15)16-11-23-9-8-21-16;/h12-16,21-22H,1-11H2;1H. The van der Waals surface area contributed by atoms with E-state index in [4.69, 9.17) is 4.74 Å². The maximum atomic E-state index is 13.2. The zero-order valence-electron chi connectivity index (χ0n) is 14.1. The number of ether oxygens (including phenoxy) is 1. The molecule has 0 aromatic heterocycles. The molecular weight excluding hydrogens is 341 g/mol. The fraction of sp³-hybridized carbons (Fsp3) is 1.00. The molecule has 7 heteroatoms. The molecule has 5 atom stereocenters. The molecule has 0 bridgehead atoms. The number of alkyl halides is 3. The van der Waals surface area contributed by atoms with Gasteiger partial charge in [0.2, 0.25) is 0 Å². The van der Waals surface area contributed by atoms with Crippen LogP contribution in [0.2, 0.25) is 0 Å². The number of hydrogen-bond acceptors (Lipinski definition) is 3. The van der Waals surface area contributed by atoms with Gasteiger partial charge in [-0.25, -0.2) is 0 Å². The first-order chi connectivity index (χ1) is 11.1. The second kappa shape index (κ2) is 9.06. The average molecular weight is 371 g/mol. The summed E-state index contributed by atoms with van der Waals surface area (Å²) < 4.78 is 45.2. The molecule has 24 heavy (non-hydrogen) atoms. The third-order valence-electron chi connectivity index (χ3n) is 6.01. The van der Waals surface area contributed by atoms with Crippen molar-refractivity contribution in [1.82, 2.24) is 10.6 Å². The predicted molar refractivity (Wildman–Crippen MR) is 90.5 cm³/mol. The van der Waals surface area contributed by atoms with Crippen LogP contribution >= 0.6 is 12.4 Å². The molecule has 2 N–H and O–H groups in total. The number of rotatable bonds is 4. The minimum Gasteiger partial charge on any atom is -0.379 e. The zero-order valence-corrected chi connectivity index (χ0v) is 14.9. The van der Waals surface area contributed by atoms with E-state index in [1.807, 2.05) is 0 Å². The van der Waals surface area contributed by atoms with E-state index in [1.54, 1.807) is 0 Å². The summed E-state index contributed by atoms with van der Waals surface area (Å²) in [7, 11) is 0. The van der Waals surface area contributed by atoms with Gasteiger partial charge in [-0.15, -0.1) is 12.4 Å². The lowest BCUT2D eigenvalue weighted by molar-refractivity contribution is -0.195. The highest BCUT2D eigenvalue weighted by atomic mass is 35.5. The van der Waals surface area contributed by atoms with E-state index in [0.717, 1.165) is 51.9 Å². The minimum absolute atomic E-state index is 0. The minimum atomic E-state index is -4.04. The van der Waals surface area contributed by atoms with Gasteiger partial charge in [0.1, 0.15) is 0 Å². The van der Waals surface area contributed by atoms with Gasteiger partial charge in [0.25, 0.3) is 0 Å². The third-order valence-corrected chi connectivity index (χ3v) is 6.01. The summed E-state index contributed by atoms with van der Waals surface area (Å²) in [6.45, 7) is 2.89. The smallest absolute Gasteiger partial charge is 0.379 e. The van der Waals surface area contributed by atoms with Gasteiger partial charge >= 0.3 is 6.18 Å². The number of nitrogens with one attached hydrogen (secondary N) is 2. The predicted octanol–water partition coefficient (Wildman–Crippen LogP) is 3.52. The molecule has 1 saturated heterocycles. The molecule has 142 valence electrons. The van der Waals surface area contributed by atoms with Gasteiger partial charge < -0.3 is 15.4 Å². The maximum Gasteiger partial charge on any atom is 0.392 e. The van der Waals surface area contributed by atoms with Crippen LogP contribution in [0.15, 0.2) is 0 Å². The van der Waals surface area contributed by atoms with Crippen molar-refractivity contribution in [1.29, 1.82) is 0 Å². The van der Waals surface area contributed by atoms with Gasteiger partial charge in [0.05, 0.1) is 19.1 Å². The quantitative estimate of drug-likeness (QED) is 0.794. The van der Waals surface area contributed by atoms with Gasteiger partial charge in [0, 0.05) is 18.6 Å². The van der Waals surface area contributed by atoms with E-state index in [2.05, 4.69) is 10.6 Å². The van der Waals surface area contributed by atoms with Gasteiger partial charge in [-0.2, -0.15) is 13.2 Å². The first-order valence-electron chi connectivity index (χ1n) is 9.17. The highest BCUT2D eigenvalue weighted by Crippen LogP contribution is 2.41. The van der Waals surface area contributed by atoms with Gasteiger partial charge in [-0.1, -0.05) is 19.3 Å². The lowest BCUT2D eigenvalue weighted by Crippen LogP contribution is -2.52. The van der Waals surface area contributed by atoms with Crippen LogP contribution in [0.3, 0.4) is 0 Å². The first-order valence-corrected chi connectivity index (χ1v) is 9.17. The second-order valence-electron chi connectivity index (χ2n) is 7.44. The van der Waals surface area contributed by atoms with Crippen LogP contribution in [0.5, 0.6) is 0 Å². The summed E-state index contributed by atoms with van der Waals surface area (Å²) in [4.78, 5) is 0. The molecule has 1 heterocycles. The highest BCUT2D eigenvalue weighted by Gasteiger charge is 2.45. The van der Waals surface area contributed by atoms with Crippen LogP contribution in [0.25, 0.3) is 0 Å². The Hall–Kier alpha value is -0.0400. The van der Waals surface area contributed by atoms with Crippen LogP contribution in [0.1, 0.15) is 44.9 Å². The molecule has 3 fully saturated rings. The molecule has 0 amide bonds. The zero-order chi connectivity index (χ0) is 16.3. The Morgan fingerprint density at radius 1 is 1.04 bits per heavy atom. The molecule has 3 aliphatic rings. The molecule has 2 saturated carbocycles. The van der Waals surface area contributed by atoms with Crippen molar-refractivity contribution in [2.24, 2.45) is 17.8 Å². The van der Waals surface area contributed by atoms with E-state index in [1.165, 1.54) is 0 Å². The van der Waals surface area contributed by atoms with E-state index in [9.17, 15) is 13.2 Å². The molecular formula is C17H30ClF3N2O. The Labute approximate surface area is 148 Å². The Bertz CT molecular complexity index is 377. The Morgan fingerprint density at radius 2 is 1.83 bits per heavy atom. The van der Waals surface area contributed by atoms with Gasteiger partial charge in [0.15, 0.2) is 0 Å². The molecule has 0 aromatic carbocycles. The lowest BCUT2D eigenvalue weighted by atomic mass is 9.78. The van der Waals surface area contributed by atoms with E-state index in [0.29, 0.717) is 37.4 Å². The van der Waals surface area contributed by atoms with Crippen LogP contribution in [-0.4, -0.2) is 44.6 Å². The van der Waals surface area contributed by atoms with Crippen molar-refractivity contribution < 1.29 is 17.9 Å². The van der Waals surface area contributed by atoms with E-state index in [-0.39, 0.29) is 18.3 Å². The summed E-state index contributed by atoms with van der Waals surface area (Å²) in [5, 5.41) is 7.02. The van der Waals surface area contributed by atoms with Crippen LogP contribution in [0.4, 0.5) is 13.2 Å². The van der Waals surface area contributed by atoms with Crippen LogP contribution in [-0.2, 0) is 4.74 Å². The molecule has 1 aliphatic heterocycles. The maximum absolute atomic E-state index is 13.2. The summed E-state index contributed by atoms with van der Waals surface area (Å²) in [5.41, 5.74) is 0. The lowest BCUT2D eigenvalue weighted by Gasteiger charge is -2.36. The Balaban J connectivity index is 0.00000208. The second-order valence-corrected chi connectivity index (χ2v) is 7.44. The third kappa shape index (κ3) is 4.99. The molecule has 0 radical (unpaired) electrons. The van der Waals surface area contributed by atoms with Crippen molar-refractivity contribution in [2.75, 3.05) is 26.3 Å². The Kier molecular flexibility index (Phi) is 7.65. The number of hydrogen-bond donors (Lipinski definition) is 2. The summed E-state index contributed by atoms with van der Waals surface area (Å²) in [6, 6.07) is 0.693. The summed E-state index contributed by atoms with van der Waals surface area (Å²) >= 11 is 0. The highest BCUT2D eigenvalue weighted by molar-refractivity contribution is 5.85. The van der Waals surface area contributed by atoms with Crippen LogP contribution in [0, 0.1) is 17.8 Å². The average Bonchev–Trinajstić information content (AvgIpc) is 3.02. The van der Waals surface area contributed by atoms with E-state index >= 15 is 0 Å². The first kappa shape index (κ1) is 20.3. The molecule has 3 rings (SSSR count). The van der Waals surface area contributed by atoms with E-state index < -0.39 is 12.1 Å². The molecule has 5 unspecified atom stereocenters. The topological polar surface area (TPSA) is 33.3 Å². The molecule has 0 aromatic rings. The SMILES string of the molecule is Cl.FC(F)(F)C1CCCCC1CNC1CCCC1C1COCCN1. The number of morpholine rings is 1. The normalized spacial score (nSPS) is 37.9. The molecule has 3 nitrogen and oxygen atoms in total. The fourth-order valence-corrected chi connectivity index (χ4v) is 4.77. The largest absolute Gasteiger partial charge is 0.392 e. The van der Waals surface area contributed by atoms with Crippen LogP contribution < -0.4 is 10.6 Å². The van der Waals surface area contributed by atoms with Crippen molar-refractivity contribution >= 4 is 12.4 Å². The van der Waals surface area contributed by atoms with Crippen molar-refractivity contribution in [3.05, 3.63) is 0 Å². The summed E-state index contributed by atoms with van der Waals surface area (Å²) in [6.07, 6.45) is 2.01. The van der Waals surface area contributed by atoms with Crippen molar-refractivity contribution in [3.8, 4) is 0 Å². The monoisotopic (exact) mass is 370 g/mol. The summed E-state index contributed by atoms with van der Waals surface area (Å²) in [5.74, 6) is -0.872. The Morgan fingerprint density at radius 3 is 2.54 bits per heavy atom. The van der Waals surface area contributed by atoms with Crippen molar-refractivity contribution in [2.45, 2.75) is 63.2 Å².